The maximum atomic E-state index is 5.42. The Morgan fingerprint density at radius 2 is 2.33 bits per heavy atom. The highest BCUT2D eigenvalue weighted by Gasteiger charge is 2.01. The van der Waals surface area contributed by atoms with E-state index in [1.54, 1.807) is 4.68 Å². The van der Waals surface area contributed by atoms with E-state index in [0.717, 1.165) is 17.3 Å². The van der Waals surface area contributed by atoms with E-state index in [4.69, 9.17) is 16.6 Å². The van der Waals surface area contributed by atoms with Gasteiger partial charge >= 0.3 is 0 Å². The molecule has 15 heavy (non-hydrogen) atoms. The molecule has 2 aromatic heterocycles. The summed E-state index contributed by atoms with van der Waals surface area (Å²) < 4.78 is 7.69. The van der Waals surface area contributed by atoms with E-state index in [1.807, 2.05) is 26.0 Å². The van der Waals surface area contributed by atoms with Crippen molar-refractivity contribution in [3.8, 4) is 0 Å². The Hall–Kier alpha value is -1.56. The Morgan fingerprint density at radius 1 is 1.53 bits per heavy atom. The van der Waals surface area contributed by atoms with E-state index >= 15 is 0 Å². The summed E-state index contributed by atoms with van der Waals surface area (Å²) in [5.74, 6) is 2.57. The van der Waals surface area contributed by atoms with E-state index < -0.39 is 0 Å². The first kappa shape index (κ1) is 9.97. The number of hydrogen-bond acceptors (Lipinski definition) is 4. The third kappa shape index (κ3) is 2.10. The molecule has 0 unspecified atom stereocenters. The molecule has 80 valence electrons. The molecule has 6 heteroatoms. The second-order valence-electron chi connectivity index (χ2n) is 3.26. The van der Waals surface area contributed by atoms with Gasteiger partial charge in [0.2, 0.25) is 4.77 Å². The number of rotatable bonds is 3. The van der Waals surface area contributed by atoms with Crippen molar-refractivity contribution < 1.29 is 4.42 Å². The summed E-state index contributed by atoms with van der Waals surface area (Å²) in [6, 6.07) is 3.86. The van der Waals surface area contributed by atoms with E-state index in [2.05, 4.69) is 15.6 Å². The summed E-state index contributed by atoms with van der Waals surface area (Å²) >= 11 is 5.05. The average Bonchev–Trinajstić information content (AvgIpc) is 2.73. The van der Waals surface area contributed by atoms with Crippen molar-refractivity contribution in [3.05, 3.63) is 34.2 Å². The van der Waals surface area contributed by atoms with Gasteiger partial charge in [-0.2, -0.15) is 5.10 Å². The first-order valence-corrected chi connectivity index (χ1v) is 5.01. The lowest BCUT2D eigenvalue weighted by Gasteiger charge is -2.05. The zero-order chi connectivity index (χ0) is 10.8. The molecule has 0 spiro atoms. The molecule has 0 fully saturated rings. The number of H-pyrrole nitrogens is 1. The molecule has 0 saturated heterocycles. The van der Waals surface area contributed by atoms with Crippen LogP contribution in [0, 0.1) is 18.6 Å². The highest BCUT2D eigenvalue weighted by Crippen LogP contribution is 2.06. The van der Waals surface area contributed by atoms with Crippen LogP contribution < -0.4 is 5.43 Å². The van der Waals surface area contributed by atoms with Crippen molar-refractivity contribution in [3.63, 3.8) is 0 Å². The van der Waals surface area contributed by atoms with Crippen LogP contribution in [-0.2, 0) is 6.54 Å². The molecule has 2 aromatic rings. The standard InChI is InChI=1S/C9H12N4OS/c1-6-3-4-8(14-6)5-10-13-7(2)11-12-9(13)15/h3-4,10H,5H2,1-2H3,(H,12,15). The molecule has 2 rings (SSSR count). The van der Waals surface area contributed by atoms with Gasteiger partial charge < -0.3 is 9.84 Å². The zero-order valence-electron chi connectivity index (χ0n) is 8.57. The summed E-state index contributed by atoms with van der Waals surface area (Å²) in [6.07, 6.45) is 0. The second-order valence-corrected chi connectivity index (χ2v) is 3.65. The van der Waals surface area contributed by atoms with Gasteiger partial charge in [0.05, 0.1) is 6.54 Å². The van der Waals surface area contributed by atoms with Gasteiger partial charge in [-0.25, -0.2) is 4.68 Å². The molecule has 0 aliphatic rings. The van der Waals surface area contributed by atoms with Crippen LogP contribution in [-0.4, -0.2) is 14.9 Å². The Labute approximate surface area is 92.1 Å². The van der Waals surface area contributed by atoms with Crippen LogP contribution in [0.2, 0.25) is 0 Å². The molecule has 0 amide bonds. The molecule has 0 aliphatic carbocycles. The maximum absolute atomic E-state index is 5.42. The fourth-order valence-electron chi connectivity index (χ4n) is 1.30. The lowest BCUT2D eigenvalue weighted by Crippen LogP contribution is -2.15. The van der Waals surface area contributed by atoms with Gasteiger partial charge in [0.1, 0.15) is 17.3 Å². The van der Waals surface area contributed by atoms with Crippen LogP contribution in [0.4, 0.5) is 0 Å². The minimum atomic E-state index is 0.552. The van der Waals surface area contributed by atoms with E-state index in [1.165, 1.54) is 0 Å². The predicted molar refractivity (Wildman–Crippen MR) is 58.7 cm³/mol. The molecular formula is C9H12N4OS. The maximum Gasteiger partial charge on any atom is 0.214 e. The smallest absolute Gasteiger partial charge is 0.214 e. The Kier molecular flexibility index (Phi) is 2.59. The van der Waals surface area contributed by atoms with Crippen molar-refractivity contribution in [2.75, 3.05) is 5.43 Å². The summed E-state index contributed by atoms with van der Waals surface area (Å²) in [5.41, 5.74) is 3.12. The van der Waals surface area contributed by atoms with Crippen LogP contribution in [0.5, 0.6) is 0 Å². The molecule has 0 saturated carbocycles. The predicted octanol–water partition coefficient (Wildman–Crippen LogP) is 1.89. The lowest BCUT2D eigenvalue weighted by atomic mass is 10.4. The molecule has 2 heterocycles. The van der Waals surface area contributed by atoms with E-state index in [0.29, 0.717) is 11.3 Å². The fraction of sp³-hybridized carbons (Fsp3) is 0.333. The number of nitrogens with zero attached hydrogens (tertiary/aromatic N) is 2. The Bertz CT molecular complexity index is 510. The van der Waals surface area contributed by atoms with Crippen molar-refractivity contribution >= 4 is 12.2 Å². The summed E-state index contributed by atoms with van der Waals surface area (Å²) in [4.78, 5) is 0. The highest BCUT2D eigenvalue weighted by molar-refractivity contribution is 7.71. The van der Waals surface area contributed by atoms with Crippen LogP contribution in [0.3, 0.4) is 0 Å². The molecule has 0 aromatic carbocycles. The minimum Gasteiger partial charge on any atom is -0.464 e. The van der Waals surface area contributed by atoms with Gasteiger partial charge in [0, 0.05) is 0 Å². The monoisotopic (exact) mass is 224 g/mol. The third-order valence-corrected chi connectivity index (χ3v) is 2.32. The van der Waals surface area contributed by atoms with Gasteiger partial charge in [0.15, 0.2) is 0 Å². The zero-order valence-corrected chi connectivity index (χ0v) is 9.39. The van der Waals surface area contributed by atoms with E-state index in [9.17, 15) is 0 Å². The largest absolute Gasteiger partial charge is 0.464 e. The van der Waals surface area contributed by atoms with Crippen LogP contribution in [0.1, 0.15) is 17.3 Å². The number of aromatic nitrogens is 3. The lowest BCUT2D eigenvalue weighted by molar-refractivity contribution is 0.483. The molecule has 0 aliphatic heterocycles. The van der Waals surface area contributed by atoms with E-state index in [-0.39, 0.29) is 0 Å². The number of aromatic amines is 1. The number of nitrogens with one attached hydrogen (secondary N) is 2. The first-order chi connectivity index (χ1) is 7.16. The quantitative estimate of drug-likeness (QED) is 0.782. The summed E-state index contributed by atoms with van der Waals surface area (Å²) in [5, 5.41) is 6.69. The minimum absolute atomic E-state index is 0.552. The average molecular weight is 224 g/mol. The van der Waals surface area contributed by atoms with Crippen molar-refractivity contribution in [1.29, 1.82) is 0 Å². The second kappa shape index (κ2) is 3.90. The molecule has 0 bridgehead atoms. The number of hydrogen-bond donors (Lipinski definition) is 2. The van der Waals surface area contributed by atoms with Gasteiger partial charge in [0.25, 0.3) is 0 Å². The molecule has 0 atom stereocenters. The van der Waals surface area contributed by atoms with Crippen LogP contribution in [0.25, 0.3) is 0 Å². The fourth-order valence-corrected chi connectivity index (χ4v) is 1.54. The first-order valence-electron chi connectivity index (χ1n) is 4.60. The topological polar surface area (TPSA) is 58.8 Å². The highest BCUT2D eigenvalue weighted by atomic mass is 32.1. The molecule has 2 N–H and O–H groups in total. The third-order valence-electron chi connectivity index (χ3n) is 2.05. The van der Waals surface area contributed by atoms with Gasteiger partial charge in [-0.05, 0) is 38.2 Å². The SMILES string of the molecule is Cc1ccc(CNn2c(C)n[nH]c2=S)o1. The normalized spacial score (nSPS) is 10.5. The van der Waals surface area contributed by atoms with Crippen molar-refractivity contribution in [1.82, 2.24) is 14.9 Å². The molecule has 0 radical (unpaired) electrons. The van der Waals surface area contributed by atoms with Gasteiger partial charge in [-0.15, -0.1) is 0 Å². The number of aryl methyl sites for hydroxylation is 2. The van der Waals surface area contributed by atoms with Gasteiger partial charge in [-0.1, -0.05) is 0 Å². The number of furan rings is 1. The molecular weight excluding hydrogens is 212 g/mol. The van der Waals surface area contributed by atoms with Gasteiger partial charge in [-0.3, -0.25) is 5.10 Å². The Balaban J connectivity index is 2.08. The van der Waals surface area contributed by atoms with Crippen molar-refractivity contribution in [2.24, 2.45) is 0 Å². The summed E-state index contributed by atoms with van der Waals surface area (Å²) in [6.45, 7) is 4.37. The van der Waals surface area contributed by atoms with Crippen molar-refractivity contribution in [2.45, 2.75) is 20.4 Å². The Morgan fingerprint density at radius 3 is 2.87 bits per heavy atom. The molecule has 5 nitrogen and oxygen atoms in total. The van der Waals surface area contributed by atoms with Crippen LogP contribution in [0.15, 0.2) is 16.5 Å². The summed E-state index contributed by atoms with van der Waals surface area (Å²) in [7, 11) is 0. The van der Waals surface area contributed by atoms with Crippen LogP contribution >= 0.6 is 12.2 Å².